The predicted molar refractivity (Wildman–Crippen MR) is 81.7 cm³/mol. The highest BCUT2D eigenvalue weighted by molar-refractivity contribution is 7.90. The van der Waals surface area contributed by atoms with Crippen LogP contribution < -0.4 is 10.0 Å². The zero-order valence-corrected chi connectivity index (χ0v) is 13.3. The fourth-order valence-corrected chi connectivity index (χ4v) is 3.60. The average Bonchev–Trinajstić information content (AvgIpc) is 2.79. The van der Waals surface area contributed by atoms with Crippen LogP contribution in [0.3, 0.4) is 0 Å². The van der Waals surface area contributed by atoms with E-state index in [0.29, 0.717) is 18.7 Å². The molecule has 0 aromatic heterocycles. The second-order valence-electron chi connectivity index (χ2n) is 5.06. The number of sulfonamides is 1. The van der Waals surface area contributed by atoms with Crippen LogP contribution in [0, 0.1) is 0 Å². The van der Waals surface area contributed by atoms with Gasteiger partial charge in [0, 0.05) is 20.0 Å². The fraction of sp³-hybridized carbons (Fsp3) is 0.429. The number of para-hydroxylation sites is 1. The third-order valence-electron chi connectivity index (χ3n) is 3.57. The van der Waals surface area contributed by atoms with E-state index in [9.17, 15) is 18.0 Å². The summed E-state index contributed by atoms with van der Waals surface area (Å²) in [6.07, 6.45) is 0.578. The Balaban J connectivity index is 2.21. The number of benzene rings is 1. The zero-order valence-electron chi connectivity index (χ0n) is 12.5. The molecule has 1 aromatic carbocycles. The van der Waals surface area contributed by atoms with Crippen LogP contribution in [0.25, 0.3) is 0 Å². The summed E-state index contributed by atoms with van der Waals surface area (Å²) < 4.78 is 26.9. The van der Waals surface area contributed by atoms with E-state index >= 15 is 0 Å². The SMILES string of the molecule is CCNc1ccccc1S(=O)(=O)NC(=O)C1CCC(=O)N1C. The first kappa shape index (κ1) is 16.3. The van der Waals surface area contributed by atoms with Gasteiger partial charge in [0.05, 0.1) is 5.69 Å². The molecule has 1 saturated heterocycles. The average molecular weight is 325 g/mol. The number of likely N-dealkylation sites (tertiary alicyclic amines) is 1. The molecule has 0 spiro atoms. The lowest BCUT2D eigenvalue weighted by Gasteiger charge is -2.19. The summed E-state index contributed by atoms with van der Waals surface area (Å²) in [5.41, 5.74) is 0.432. The van der Waals surface area contributed by atoms with Crippen LogP contribution in [0.2, 0.25) is 0 Å². The van der Waals surface area contributed by atoms with Gasteiger partial charge in [0.25, 0.3) is 15.9 Å². The molecule has 2 N–H and O–H groups in total. The van der Waals surface area contributed by atoms with Crippen molar-refractivity contribution >= 4 is 27.5 Å². The van der Waals surface area contributed by atoms with Crippen LogP contribution >= 0.6 is 0 Å². The third kappa shape index (κ3) is 3.22. The number of anilines is 1. The molecular formula is C14H19N3O4S. The van der Waals surface area contributed by atoms with E-state index in [0.717, 1.165) is 0 Å². The standard InChI is InChI=1S/C14H19N3O4S/c1-3-15-10-6-4-5-7-12(10)22(20,21)16-14(19)11-8-9-13(18)17(11)2/h4-7,11,15H,3,8-9H2,1-2H3,(H,16,19). The normalized spacial score (nSPS) is 18.4. The number of likely N-dealkylation sites (N-methyl/N-ethyl adjacent to an activating group) is 1. The topological polar surface area (TPSA) is 95.6 Å². The van der Waals surface area contributed by atoms with Crippen molar-refractivity contribution in [2.24, 2.45) is 0 Å². The molecule has 1 aromatic rings. The van der Waals surface area contributed by atoms with Crippen molar-refractivity contribution in [3.8, 4) is 0 Å². The quantitative estimate of drug-likeness (QED) is 0.824. The van der Waals surface area contributed by atoms with E-state index in [-0.39, 0.29) is 17.2 Å². The van der Waals surface area contributed by atoms with Gasteiger partial charge in [-0.3, -0.25) is 9.59 Å². The van der Waals surface area contributed by atoms with Crippen molar-refractivity contribution in [3.63, 3.8) is 0 Å². The number of amides is 2. The largest absolute Gasteiger partial charge is 0.384 e. The molecule has 1 unspecified atom stereocenters. The van der Waals surface area contributed by atoms with E-state index in [1.165, 1.54) is 18.0 Å². The summed E-state index contributed by atoms with van der Waals surface area (Å²) >= 11 is 0. The molecule has 0 saturated carbocycles. The Morgan fingerprint density at radius 1 is 1.36 bits per heavy atom. The number of hydrogen-bond acceptors (Lipinski definition) is 5. The lowest BCUT2D eigenvalue weighted by Crippen LogP contribution is -2.44. The second kappa shape index (κ2) is 6.35. The van der Waals surface area contributed by atoms with Crippen molar-refractivity contribution in [1.29, 1.82) is 0 Å². The molecule has 1 heterocycles. The third-order valence-corrected chi connectivity index (χ3v) is 4.98. The molecule has 22 heavy (non-hydrogen) atoms. The van der Waals surface area contributed by atoms with Crippen LogP contribution in [-0.4, -0.2) is 44.8 Å². The van der Waals surface area contributed by atoms with Gasteiger partial charge in [0.15, 0.2) is 0 Å². The first-order chi connectivity index (χ1) is 10.4. The molecular weight excluding hydrogens is 306 g/mol. The fourth-order valence-electron chi connectivity index (χ4n) is 2.40. The monoisotopic (exact) mass is 325 g/mol. The van der Waals surface area contributed by atoms with Crippen LogP contribution in [-0.2, 0) is 19.6 Å². The van der Waals surface area contributed by atoms with Crippen LogP contribution in [0.4, 0.5) is 5.69 Å². The van der Waals surface area contributed by atoms with Crippen molar-refractivity contribution in [3.05, 3.63) is 24.3 Å². The molecule has 2 amide bonds. The summed E-state index contributed by atoms with van der Waals surface area (Å²) in [6, 6.07) is 5.62. The molecule has 1 aliphatic heterocycles. The lowest BCUT2D eigenvalue weighted by molar-refractivity contribution is -0.133. The molecule has 2 rings (SSSR count). The van der Waals surface area contributed by atoms with Crippen LogP contribution in [0.1, 0.15) is 19.8 Å². The van der Waals surface area contributed by atoms with Crippen molar-refractivity contribution in [1.82, 2.24) is 9.62 Å². The first-order valence-electron chi connectivity index (χ1n) is 7.02. The van der Waals surface area contributed by atoms with Gasteiger partial charge in [-0.2, -0.15) is 0 Å². The minimum absolute atomic E-state index is 0.0113. The molecule has 8 heteroatoms. The maximum Gasteiger partial charge on any atom is 0.266 e. The predicted octanol–water partition coefficient (Wildman–Crippen LogP) is 0.544. The van der Waals surface area contributed by atoms with Gasteiger partial charge < -0.3 is 10.2 Å². The van der Waals surface area contributed by atoms with Gasteiger partial charge in [0.2, 0.25) is 5.91 Å². The highest BCUT2D eigenvalue weighted by atomic mass is 32.2. The summed E-state index contributed by atoms with van der Waals surface area (Å²) in [7, 11) is -2.49. The molecule has 1 atom stereocenters. The van der Waals surface area contributed by atoms with E-state index in [4.69, 9.17) is 0 Å². The summed E-state index contributed by atoms with van der Waals surface area (Å²) in [6.45, 7) is 2.40. The van der Waals surface area contributed by atoms with Crippen molar-refractivity contribution in [2.75, 3.05) is 18.9 Å². The highest BCUT2D eigenvalue weighted by Gasteiger charge is 2.35. The Labute approximate surface area is 129 Å². The van der Waals surface area contributed by atoms with Gasteiger partial charge in [-0.05, 0) is 25.5 Å². The molecule has 0 bridgehead atoms. The Morgan fingerprint density at radius 3 is 2.64 bits per heavy atom. The highest BCUT2D eigenvalue weighted by Crippen LogP contribution is 2.22. The minimum atomic E-state index is -3.99. The zero-order chi connectivity index (χ0) is 16.3. The number of carbonyl (C=O) groups excluding carboxylic acids is 2. The van der Waals surface area contributed by atoms with Gasteiger partial charge in [0.1, 0.15) is 10.9 Å². The van der Waals surface area contributed by atoms with E-state index in [2.05, 4.69) is 10.0 Å². The summed E-state index contributed by atoms with van der Waals surface area (Å²) in [5.74, 6) is -0.842. The number of nitrogens with zero attached hydrogens (tertiary/aromatic N) is 1. The van der Waals surface area contributed by atoms with Crippen molar-refractivity contribution in [2.45, 2.75) is 30.7 Å². The number of hydrogen-bond donors (Lipinski definition) is 2. The Bertz CT molecular complexity index is 687. The van der Waals surface area contributed by atoms with E-state index in [1.54, 1.807) is 18.2 Å². The lowest BCUT2D eigenvalue weighted by atomic mass is 10.2. The second-order valence-corrected chi connectivity index (χ2v) is 6.71. The molecule has 0 aliphatic carbocycles. The Kier molecular flexibility index (Phi) is 4.70. The van der Waals surface area contributed by atoms with Crippen molar-refractivity contribution < 1.29 is 18.0 Å². The first-order valence-corrected chi connectivity index (χ1v) is 8.50. The van der Waals surface area contributed by atoms with Gasteiger partial charge in [-0.15, -0.1) is 0 Å². The van der Waals surface area contributed by atoms with Crippen LogP contribution in [0.5, 0.6) is 0 Å². The number of carbonyl (C=O) groups is 2. The van der Waals surface area contributed by atoms with E-state index in [1.807, 2.05) is 6.92 Å². The van der Waals surface area contributed by atoms with Crippen LogP contribution in [0.15, 0.2) is 29.2 Å². The molecule has 0 radical (unpaired) electrons. The Hall–Kier alpha value is -2.09. The number of nitrogens with one attached hydrogen (secondary N) is 2. The summed E-state index contributed by atoms with van der Waals surface area (Å²) in [4.78, 5) is 24.9. The van der Waals surface area contributed by atoms with Gasteiger partial charge in [-0.1, -0.05) is 12.1 Å². The molecule has 1 aliphatic rings. The number of rotatable bonds is 5. The van der Waals surface area contributed by atoms with Gasteiger partial charge in [-0.25, -0.2) is 13.1 Å². The molecule has 120 valence electrons. The summed E-state index contributed by atoms with van der Waals surface area (Å²) in [5, 5.41) is 2.95. The minimum Gasteiger partial charge on any atom is -0.384 e. The molecule has 1 fully saturated rings. The smallest absolute Gasteiger partial charge is 0.266 e. The van der Waals surface area contributed by atoms with Gasteiger partial charge >= 0.3 is 0 Å². The Morgan fingerprint density at radius 2 is 2.05 bits per heavy atom. The maximum atomic E-state index is 12.4. The van der Waals surface area contributed by atoms with E-state index < -0.39 is 22.0 Å². The molecule has 7 nitrogen and oxygen atoms in total. The maximum absolute atomic E-state index is 12.4.